The zero-order valence-electron chi connectivity index (χ0n) is 13.1. The molecule has 0 bridgehead atoms. The molecule has 1 amide bonds. The summed E-state index contributed by atoms with van der Waals surface area (Å²) in [5.41, 5.74) is 2.73. The van der Waals surface area contributed by atoms with Crippen LogP contribution in [0.5, 0.6) is 0 Å². The van der Waals surface area contributed by atoms with Gasteiger partial charge in [-0.05, 0) is 24.3 Å². The van der Waals surface area contributed by atoms with Gasteiger partial charge in [-0.25, -0.2) is 13.4 Å². The van der Waals surface area contributed by atoms with E-state index in [0.717, 1.165) is 23.0 Å². The van der Waals surface area contributed by atoms with Gasteiger partial charge < -0.3 is 0 Å². The third-order valence-electron chi connectivity index (χ3n) is 3.52. The van der Waals surface area contributed by atoms with Gasteiger partial charge in [0.2, 0.25) is 15.9 Å². The third kappa shape index (κ3) is 3.62. The highest BCUT2D eigenvalue weighted by molar-refractivity contribution is 7.89. The van der Waals surface area contributed by atoms with E-state index in [1.165, 1.54) is 0 Å². The van der Waals surface area contributed by atoms with Crippen LogP contribution in [0.2, 0.25) is 0 Å². The van der Waals surface area contributed by atoms with Gasteiger partial charge in [0.1, 0.15) is 5.82 Å². The molecule has 0 radical (unpaired) electrons. The summed E-state index contributed by atoms with van der Waals surface area (Å²) < 4.78 is 26.2. The van der Waals surface area contributed by atoms with Crippen molar-refractivity contribution in [2.45, 2.75) is 12.8 Å². The molecule has 24 heavy (non-hydrogen) atoms. The van der Waals surface area contributed by atoms with Crippen LogP contribution in [0.15, 0.2) is 54.6 Å². The Morgan fingerprint density at radius 1 is 1.08 bits per heavy atom. The molecule has 1 N–H and O–H groups in total. The average Bonchev–Trinajstić information content (AvgIpc) is 2.90. The van der Waals surface area contributed by atoms with Gasteiger partial charge >= 0.3 is 0 Å². The molecule has 0 aliphatic rings. The molecule has 3 rings (SSSR count). The molecule has 0 aliphatic heterocycles. The number of aromatic nitrogens is 2. The number of benzene rings is 2. The van der Waals surface area contributed by atoms with Gasteiger partial charge in [-0.2, -0.15) is 0 Å². The molecule has 3 aromatic rings. The van der Waals surface area contributed by atoms with Crippen molar-refractivity contribution in [3.63, 3.8) is 0 Å². The number of aryl methyl sites for hydroxylation is 1. The predicted octanol–water partition coefficient (Wildman–Crippen LogP) is 2.03. The van der Waals surface area contributed by atoms with E-state index >= 15 is 0 Å². The predicted molar refractivity (Wildman–Crippen MR) is 92.4 cm³/mol. The second-order valence-electron chi connectivity index (χ2n) is 5.49. The van der Waals surface area contributed by atoms with Gasteiger partial charge in [-0.3, -0.25) is 14.1 Å². The average molecular weight is 343 g/mol. The molecule has 6 nitrogen and oxygen atoms in total. The first-order valence-electron chi connectivity index (χ1n) is 7.46. The van der Waals surface area contributed by atoms with E-state index in [0.29, 0.717) is 12.2 Å². The number of rotatable bonds is 5. The molecule has 0 atom stereocenters. The molecule has 0 fully saturated rings. The number of nitrogens with zero attached hydrogens (tertiary/aromatic N) is 2. The summed E-state index contributed by atoms with van der Waals surface area (Å²) in [7, 11) is -3.54. The van der Waals surface area contributed by atoms with E-state index < -0.39 is 15.9 Å². The fourth-order valence-corrected chi connectivity index (χ4v) is 3.11. The summed E-state index contributed by atoms with van der Waals surface area (Å²) in [6.07, 6.45) is 1.35. The van der Waals surface area contributed by atoms with E-state index in [9.17, 15) is 13.2 Å². The van der Waals surface area contributed by atoms with Crippen molar-refractivity contribution in [1.82, 2.24) is 14.3 Å². The third-order valence-corrected chi connectivity index (χ3v) is 4.12. The minimum absolute atomic E-state index is 0.0449. The molecule has 0 aliphatic carbocycles. The Bertz CT molecular complexity index is 979. The number of carbonyl (C=O) groups excluding carboxylic acids is 1. The van der Waals surface area contributed by atoms with Crippen LogP contribution in [-0.2, 0) is 21.2 Å². The van der Waals surface area contributed by atoms with E-state index in [4.69, 9.17) is 0 Å². The van der Waals surface area contributed by atoms with Gasteiger partial charge in [0.15, 0.2) is 0 Å². The van der Waals surface area contributed by atoms with E-state index in [1.807, 2.05) is 63.9 Å². The van der Waals surface area contributed by atoms with Crippen LogP contribution in [0.3, 0.4) is 0 Å². The molecule has 124 valence electrons. The summed E-state index contributed by atoms with van der Waals surface area (Å²) in [5, 5.41) is 0. The second-order valence-corrected chi connectivity index (χ2v) is 7.23. The van der Waals surface area contributed by atoms with Crippen molar-refractivity contribution in [1.29, 1.82) is 0 Å². The van der Waals surface area contributed by atoms with Crippen molar-refractivity contribution in [3.05, 3.63) is 60.4 Å². The summed E-state index contributed by atoms with van der Waals surface area (Å²) in [4.78, 5) is 16.4. The van der Waals surface area contributed by atoms with Crippen LogP contribution in [0, 0.1) is 0 Å². The second kappa shape index (κ2) is 6.45. The highest BCUT2D eigenvalue weighted by Crippen LogP contribution is 2.22. The highest BCUT2D eigenvalue weighted by atomic mass is 32.2. The monoisotopic (exact) mass is 343 g/mol. The molecule has 0 saturated heterocycles. The number of carbonyl (C=O) groups is 1. The standard InChI is InChI=1S/C17H17N3O3S/c1-24(22,23)19-17(21)12-11-16-18-14-9-5-6-10-15(14)20(16)13-7-3-2-4-8-13/h2-10H,11-12H2,1H3,(H,19,21). The van der Waals surface area contributed by atoms with Crippen LogP contribution >= 0.6 is 0 Å². The van der Waals surface area contributed by atoms with E-state index in [-0.39, 0.29) is 6.42 Å². The Balaban J connectivity index is 1.95. The molecule has 1 aromatic heterocycles. The Kier molecular flexibility index (Phi) is 4.35. The minimum atomic E-state index is -3.54. The smallest absolute Gasteiger partial charge is 0.233 e. The van der Waals surface area contributed by atoms with Crippen LogP contribution < -0.4 is 4.72 Å². The zero-order valence-corrected chi connectivity index (χ0v) is 14.0. The first kappa shape index (κ1) is 16.2. The molecule has 0 saturated carbocycles. The van der Waals surface area contributed by atoms with Gasteiger partial charge in [-0.1, -0.05) is 30.3 Å². The molecule has 1 heterocycles. The van der Waals surface area contributed by atoms with E-state index in [1.54, 1.807) is 0 Å². The molecule has 0 unspecified atom stereocenters. The van der Waals surface area contributed by atoms with E-state index in [2.05, 4.69) is 4.98 Å². The van der Waals surface area contributed by atoms with Crippen LogP contribution in [0.1, 0.15) is 12.2 Å². The first-order valence-corrected chi connectivity index (χ1v) is 9.35. The Morgan fingerprint density at radius 3 is 2.46 bits per heavy atom. The number of nitrogens with one attached hydrogen (secondary N) is 1. The van der Waals surface area contributed by atoms with Crippen LogP contribution in [0.25, 0.3) is 16.7 Å². The highest BCUT2D eigenvalue weighted by Gasteiger charge is 2.14. The maximum absolute atomic E-state index is 11.8. The fourth-order valence-electron chi connectivity index (χ4n) is 2.59. The maximum atomic E-state index is 11.8. The molecule has 7 heteroatoms. The Labute approximate surface area is 140 Å². The maximum Gasteiger partial charge on any atom is 0.233 e. The van der Waals surface area contributed by atoms with Gasteiger partial charge in [0.05, 0.1) is 17.3 Å². The lowest BCUT2D eigenvalue weighted by Crippen LogP contribution is -2.29. The minimum Gasteiger partial charge on any atom is -0.296 e. The lowest BCUT2D eigenvalue weighted by molar-refractivity contribution is -0.119. The van der Waals surface area contributed by atoms with Crippen molar-refractivity contribution < 1.29 is 13.2 Å². The quantitative estimate of drug-likeness (QED) is 0.769. The summed E-state index contributed by atoms with van der Waals surface area (Å²) in [6.45, 7) is 0. The van der Waals surface area contributed by atoms with Crippen LogP contribution in [0.4, 0.5) is 0 Å². The summed E-state index contributed by atoms with van der Waals surface area (Å²) >= 11 is 0. The van der Waals surface area contributed by atoms with Crippen molar-refractivity contribution >= 4 is 27.0 Å². The Morgan fingerprint density at radius 2 is 1.75 bits per heavy atom. The number of hydrogen-bond acceptors (Lipinski definition) is 4. The first-order chi connectivity index (χ1) is 11.4. The van der Waals surface area contributed by atoms with Crippen molar-refractivity contribution in [2.75, 3.05) is 6.26 Å². The summed E-state index contributed by atoms with van der Waals surface area (Å²) in [5.74, 6) is 0.176. The summed E-state index contributed by atoms with van der Waals surface area (Å²) in [6, 6.07) is 17.5. The molecular weight excluding hydrogens is 326 g/mol. The lowest BCUT2D eigenvalue weighted by Gasteiger charge is -2.09. The van der Waals surface area contributed by atoms with Gasteiger partial charge in [0, 0.05) is 18.5 Å². The van der Waals surface area contributed by atoms with Gasteiger partial charge in [-0.15, -0.1) is 0 Å². The molecule has 0 spiro atoms. The number of amides is 1. The molecular formula is C17H17N3O3S. The topological polar surface area (TPSA) is 81.1 Å². The number of imidazole rings is 1. The zero-order chi connectivity index (χ0) is 17.2. The Hall–Kier alpha value is -2.67. The largest absolute Gasteiger partial charge is 0.296 e. The van der Waals surface area contributed by atoms with Crippen LogP contribution in [-0.4, -0.2) is 30.1 Å². The molecule has 2 aromatic carbocycles. The number of para-hydroxylation sites is 3. The normalized spacial score (nSPS) is 11.5. The SMILES string of the molecule is CS(=O)(=O)NC(=O)CCc1nc2ccccc2n1-c1ccccc1. The lowest BCUT2D eigenvalue weighted by atomic mass is 10.2. The van der Waals surface area contributed by atoms with Crippen molar-refractivity contribution in [3.8, 4) is 5.69 Å². The van der Waals surface area contributed by atoms with Crippen molar-refractivity contribution in [2.24, 2.45) is 0 Å². The number of hydrogen-bond donors (Lipinski definition) is 1. The number of sulfonamides is 1. The number of fused-ring (bicyclic) bond motifs is 1. The van der Waals surface area contributed by atoms with Gasteiger partial charge in [0.25, 0.3) is 0 Å². The fraction of sp³-hybridized carbons (Fsp3) is 0.176.